The molecule has 0 aliphatic heterocycles. The molecule has 0 saturated heterocycles. The highest BCUT2D eigenvalue weighted by Gasteiger charge is 2.12. The number of hydrogen-bond acceptors (Lipinski definition) is 2. The Bertz CT molecular complexity index is 269. The zero-order valence-electron chi connectivity index (χ0n) is 8.28. The van der Waals surface area contributed by atoms with Gasteiger partial charge in [-0.3, -0.25) is 0 Å². The lowest BCUT2D eigenvalue weighted by molar-refractivity contribution is 0.425. The molecule has 70 valence electrons. The molecular formula is C10H15BO2. The first-order valence-corrected chi connectivity index (χ1v) is 4.48. The Balaban J connectivity index is 3.11. The molecule has 0 amide bonds. The van der Waals surface area contributed by atoms with Crippen molar-refractivity contribution in [3.8, 4) is 0 Å². The summed E-state index contributed by atoms with van der Waals surface area (Å²) in [6.45, 7) is 6.13. The Hall–Kier alpha value is -0.795. The Morgan fingerprint density at radius 2 is 1.77 bits per heavy atom. The fraction of sp³-hybridized carbons (Fsp3) is 0.400. The van der Waals surface area contributed by atoms with Crippen molar-refractivity contribution >= 4 is 12.6 Å². The number of rotatable bonds is 2. The van der Waals surface area contributed by atoms with Crippen molar-refractivity contribution in [1.82, 2.24) is 0 Å². The molecular weight excluding hydrogens is 163 g/mol. The molecule has 0 aliphatic rings. The van der Waals surface area contributed by atoms with Crippen molar-refractivity contribution in [1.29, 1.82) is 0 Å². The van der Waals surface area contributed by atoms with E-state index in [0.717, 1.165) is 11.1 Å². The molecule has 0 fully saturated rings. The SMILES string of the molecule is Cc1cc(B(O)O)cc(C(C)C)c1. The van der Waals surface area contributed by atoms with E-state index in [9.17, 15) is 0 Å². The molecule has 1 aromatic rings. The van der Waals surface area contributed by atoms with Gasteiger partial charge < -0.3 is 10.0 Å². The molecule has 0 aliphatic carbocycles. The van der Waals surface area contributed by atoms with Gasteiger partial charge in [0.15, 0.2) is 0 Å². The molecule has 0 bridgehead atoms. The number of hydrogen-bond donors (Lipinski definition) is 2. The van der Waals surface area contributed by atoms with Crippen LogP contribution < -0.4 is 5.46 Å². The van der Waals surface area contributed by atoms with E-state index in [0.29, 0.717) is 11.4 Å². The van der Waals surface area contributed by atoms with Crippen LogP contribution in [0.25, 0.3) is 0 Å². The minimum atomic E-state index is -1.36. The van der Waals surface area contributed by atoms with E-state index in [4.69, 9.17) is 10.0 Å². The van der Waals surface area contributed by atoms with Gasteiger partial charge in [0.1, 0.15) is 0 Å². The van der Waals surface area contributed by atoms with Gasteiger partial charge in [0.25, 0.3) is 0 Å². The van der Waals surface area contributed by atoms with E-state index in [1.165, 1.54) is 0 Å². The molecule has 3 heteroatoms. The Morgan fingerprint density at radius 3 is 2.23 bits per heavy atom. The second kappa shape index (κ2) is 3.94. The van der Waals surface area contributed by atoms with E-state index in [-0.39, 0.29) is 0 Å². The summed E-state index contributed by atoms with van der Waals surface area (Å²) in [6.07, 6.45) is 0. The summed E-state index contributed by atoms with van der Waals surface area (Å²) in [6, 6.07) is 5.69. The molecule has 0 spiro atoms. The van der Waals surface area contributed by atoms with Gasteiger partial charge in [-0.25, -0.2) is 0 Å². The zero-order chi connectivity index (χ0) is 10.0. The van der Waals surface area contributed by atoms with E-state index in [1.54, 1.807) is 6.07 Å². The van der Waals surface area contributed by atoms with E-state index in [1.807, 2.05) is 13.0 Å². The number of aryl methyl sites for hydroxylation is 1. The third kappa shape index (κ3) is 2.57. The Labute approximate surface area is 79.4 Å². The van der Waals surface area contributed by atoms with Crippen LogP contribution in [0, 0.1) is 6.92 Å². The minimum absolute atomic E-state index is 0.414. The van der Waals surface area contributed by atoms with Crippen LogP contribution in [0.2, 0.25) is 0 Å². The summed E-state index contributed by atoms with van der Waals surface area (Å²) in [5.74, 6) is 0.414. The van der Waals surface area contributed by atoms with Gasteiger partial charge in [0.05, 0.1) is 0 Å². The van der Waals surface area contributed by atoms with Gasteiger partial charge in [0, 0.05) is 0 Å². The highest BCUT2D eigenvalue weighted by atomic mass is 16.4. The summed E-state index contributed by atoms with van der Waals surface area (Å²) in [4.78, 5) is 0. The first-order valence-electron chi connectivity index (χ1n) is 4.48. The van der Waals surface area contributed by atoms with Crippen molar-refractivity contribution in [3.63, 3.8) is 0 Å². The number of benzene rings is 1. The van der Waals surface area contributed by atoms with Crippen LogP contribution in [0.5, 0.6) is 0 Å². The first kappa shape index (κ1) is 10.3. The van der Waals surface area contributed by atoms with Gasteiger partial charge in [-0.05, 0) is 23.9 Å². The second-order valence-electron chi connectivity index (χ2n) is 3.71. The summed E-state index contributed by atoms with van der Waals surface area (Å²) >= 11 is 0. The second-order valence-corrected chi connectivity index (χ2v) is 3.71. The van der Waals surface area contributed by atoms with E-state index in [2.05, 4.69) is 19.9 Å². The fourth-order valence-corrected chi connectivity index (χ4v) is 1.33. The predicted molar refractivity (Wildman–Crippen MR) is 55.1 cm³/mol. The van der Waals surface area contributed by atoms with Crippen molar-refractivity contribution in [2.75, 3.05) is 0 Å². The molecule has 0 saturated carbocycles. The lowest BCUT2D eigenvalue weighted by atomic mass is 9.78. The molecule has 2 nitrogen and oxygen atoms in total. The largest absolute Gasteiger partial charge is 0.488 e. The topological polar surface area (TPSA) is 40.5 Å². The Morgan fingerprint density at radius 1 is 1.15 bits per heavy atom. The van der Waals surface area contributed by atoms with E-state index >= 15 is 0 Å². The molecule has 0 aromatic heterocycles. The van der Waals surface area contributed by atoms with Crippen LogP contribution in [0.15, 0.2) is 18.2 Å². The molecule has 13 heavy (non-hydrogen) atoms. The fourth-order valence-electron chi connectivity index (χ4n) is 1.33. The third-order valence-corrected chi connectivity index (χ3v) is 2.09. The van der Waals surface area contributed by atoms with Crippen molar-refractivity contribution in [3.05, 3.63) is 29.3 Å². The van der Waals surface area contributed by atoms with Crippen molar-refractivity contribution in [2.45, 2.75) is 26.7 Å². The third-order valence-electron chi connectivity index (χ3n) is 2.09. The van der Waals surface area contributed by atoms with Crippen LogP contribution in [0.4, 0.5) is 0 Å². The normalized spacial score (nSPS) is 10.6. The quantitative estimate of drug-likeness (QED) is 0.657. The van der Waals surface area contributed by atoms with Crippen molar-refractivity contribution < 1.29 is 10.0 Å². The monoisotopic (exact) mass is 178 g/mol. The van der Waals surface area contributed by atoms with Gasteiger partial charge >= 0.3 is 7.12 Å². The van der Waals surface area contributed by atoms with Gasteiger partial charge in [-0.1, -0.05) is 37.6 Å². The maximum Gasteiger partial charge on any atom is 0.488 e. The predicted octanol–water partition coefficient (Wildman–Crippen LogP) is 0.798. The maximum atomic E-state index is 9.01. The highest BCUT2D eigenvalue weighted by molar-refractivity contribution is 6.58. The summed E-state index contributed by atoms with van der Waals surface area (Å²) < 4.78 is 0. The van der Waals surface area contributed by atoms with Gasteiger partial charge in [-0.15, -0.1) is 0 Å². The average molecular weight is 178 g/mol. The molecule has 0 radical (unpaired) electrons. The molecule has 0 heterocycles. The average Bonchev–Trinajstić information content (AvgIpc) is 2.03. The Kier molecular flexibility index (Phi) is 3.12. The van der Waals surface area contributed by atoms with Crippen LogP contribution >= 0.6 is 0 Å². The molecule has 2 N–H and O–H groups in total. The summed E-state index contributed by atoms with van der Waals surface area (Å²) in [5, 5.41) is 18.0. The molecule has 0 unspecified atom stereocenters. The van der Waals surface area contributed by atoms with Crippen LogP contribution in [0.3, 0.4) is 0 Å². The summed E-state index contributed by atoms with van der Waals surface area (Å²) in [5.41, 5.74) is 2.78. The zero-order valence-corrected chi connectivity index (χ0v) is 8.28. The highest BCUT2D eigenvalue weighted by Crippen LogP contribution is 2.14. The van der Waals surface area contributed by atoms with Crippen LogP contribution in [-0.4, -0.2) is 17.2 Å². The smallest absolute Gasteiger partial charge is 0.423 e. The lowest BCUT2D eigenvalue weighted by Gasteiger charge is -2.09. The van der Waals surface area contributed by atoms with E-state index < -0.39 is 7.12 Å². The standard InChI is InChI=1S/C10H15BO2/c1-7(2)9-4-8(3)5-10(6-9)11(12)13/h4-7,12-13H,1-3H3. The maximum absolute atomic E-state index is 9.01. The summed E-state index contributed by atoms with van der Waals surface area (Å²) in [7, 11) is -1.36. The molecule has 0 atom stereocenters. The minimum Gasteiger partial charge on any atom is -0.423 e. The molecule has 1 aromatic carbocycles. The van der Waals surface area contributed by atoms with Crippen molar-refractivity contribution in [2.24, 2.45) is 0 Å². The van der Waals surface area contributed by atoms with Crippen LogP contribution in [0.1, 0.15) is 30.9 Å². The van der Waals surface area contributed by atoms with Crippen LogP contribution in [-0.2, 0) is 0 Å². The lowest BCUT2D eigenvalue weighted by Crippen LogP contribution is -2.30. The van der Waals surface area contributed by atoms with Gasteiger partial charge in [-0.2, -0.15) is 0 Å². The first-order chi connectivity index (χ1) is 6.00. The molecule has 1 rings (SSSR count). The van der Waals surface area contributed by atoms with Gasteiger partial charge in [0.2, 0.25) is 0 Å².